The Morgan fingerprint density at radius 1 is 0.974 bits per heavy atom. The van der Waals surface area contributed by atoms with E-state index in [1.165, 1.54) is 18.1 Å². The van der Waals surface area contributed by atoms with Gasteiger partial charge >= 0.3 is 0 Å². The van der Waals surface area contributed by atoms with Crippen LogP contribution in [-0.4, -0.2) is 36.1 Å². The summed E-state index contributed by atoms with van der Waals surface area (Å²) in [4.78, 5) is 31.1. The van der Waals surface area contributed by atoms with Gasteiger partial charge in [0.15, 0.2) is 11.5 Å². The van der Waals surface area contributed by atoms with E-state index in [1.807, 2.05) is 0 Å². The maximum absolute atomic E-state index is 13.7. The highest BCUT2D eigenvalue weighted by atomic mass is 19.1. The Morgan fingerprint density at radius 2 is 1.66 bits per heavy atom. The number of nitrogens with two attached hydrogens (primary N) is 1. The number of ether oxygens (including phenoxy) is 3. The summed E-state index contributed by atoms with van der Waals surface area (Å²) in [5.74, 6) is -0.449. The third-order valence-corrected chi connectivity index (χ3v) is 6.54. The van der Waals surface area contributed by atoms with Crippen LogP contribution in [0.3, 0.4) is 0 Å². The molecule has 0 aliphatic heterocycles. The van der Waals surface area contributed by atoms with Gasteiger partial charge in [0.2, 0.25) is 11.8 Å². The largest absolute Gasteiger partial charge is 0.506 e. The van der Waals surface area contributed by atoms with Crippen LogP contribution in [0, 0.1) is 11.2 Å². The minimum Gasteiger partial charge on any atom is -0.506 e. The number of hydrogen-bond donors (Lipinski definition) is 2. The van der Waals surface area contributed by atoms with Crippen LogP contribution >= 0.6 is 0 Å². The van der Waals surface area contributed by atoms with Crippen molar-refractivity contribution in [1.82, 2.24) is 4.98 Å². The van der Waals surface area contributed by atoms with E-state index in [0.717, 1.165) is 12.1 Å². The molecule has 0 unspecified atom stereocenters. The van der Waals surface area contributed by atoms with Gasteiger partial charge < -0.3 is 25.1 Å². The second kappa shape index (κ2) is 9.55. The van der Waals surface area contributed by atoms with Crippen molar-refractivity contribution in [1.29, 1.82) is 0 Å². The molecule has 38 heavy (non-hydrogen) atoms. The first-order valence-corrected chi connectivity index (χ1v) is 11.7. The smallest absolute Gasteiger partial charge is 0.247 e. The lowest BCUT2D eigenvalue weighted by Gasteiger charge is -2.27. The Bertz CT molecular complexity index is 1550. The summed E-state index contributed by atoms with van der Waals surface area (Å²) in [7, 11) is 3.08. The monoisotopic (exact) mass is 517 g/mol. The molecule has 194 valence electrons. The number of benzene rings is 3. The average molecular weight is 518 g/mol. The molecule has 0 radical (unpaired) electrons. The number of pyridine rings is 1. The van der Waals surface area contributed by atoms with Gasteiger partial charge in [0, 0.05) is 29.4 Å². The lowest BCUT2D eigenvalue weighted by molar-refractivity contribution is -0.133. The second-order valence-electron chi connectivity index (χ2n) is 8.85. The number of phenolic OH excluding ortho intramolecular Hbond substituents is 1. The minimum atomic E-state index is -1.37. The Labute approximate surface area is 217 Å². The predicted molar refractivity (Wildman–Crippen MR) is 137 cm³/mol. The Morgan fingerprint density at radius 3 is 2.26 bits per heavy atom. The van der Waals surface area contributed by atoms with Gasteiger partial charge in [-0.25, -0.2) is 4.39 Å². The van der Waals surface area contributed by atoms with E-state index in [4.69, 9.17) is 19.9 Å². The van der Waals surface area contributed by atoms with Gasteiger partial charge in [0.05, 0.1) is 25.4 Å². The van der Waals surface area contributed by atoms with Crippen molar-refractivity contribution in [3.8, 4) is 28.7 Å². The fraction of sp³-hybridized carbons (Fsp3) is 0.179. The summed E-state index contributed by atoms with van der Waals surface area (Å²) in [5.41, 5.74) is 5.17. The molecule has 1 aliphatic rings. The predicted octanol–water partition coefficient (Wildman–Crippen LogP) is 4.82. The maximum Gasteiger partial charge on any atom is 0.247 e. The van der Waals surface area contributed by atoms with Crippen LogP contribution in [-0.2, 0) is 9.59 Å². The van der Waals surface area contributed by atoms with E-state index >= 15 is 0 Å². The highest BCUT2D eigenvalue weighted by Crippen LogP contribution is 2.50. The van der Waals surface area contributed by atoms with Gasteiger partial charge in [-0.1, -0.05) is 0 Å². The van der Waals surface area contributed by atoms with E-state index in [0.29, 0.717) is 52.4 Å². The molecule has 1 saturated carbocycles. The molecule has 0 bridgehead atoms. The fourth-order valence-electron chi connectivity index (χ4n) is 4.28. The van der Waals surface area contributed by atoms with E-state index in [2.05, 4.69) is 4.98 Å². The van der Waals surface area contributed by atoms with Crippen LogP contribution in [0.15, 0.2) is 66.9 Å². The van der Waals surface area contributed by atoms with Crippen LogP contribution in [0.5, 0.6) is 28.7 Å². The summed E-state index contributed by atoms with van der Waals surface area (Å²) in [6, 6.07) is 15.0. The van der Waals surface area contributed by atoms with Crippen molar-refractivity contribution in [2.24, 2.45) is 11.1 Å². The number of methoxy groups -OCH3 is 2. The van der Waals surface area contributed by atoms with Crippen LogP contribution in [0.4, 0.5) is 15.8 Å². The van der Waals surface area contributed by atoms with Crippen molar-refractivity contribution >= 4 is 34.1 Å². The fourth-order valence-corrected chi connectivity index (χ4v) is 4.28. The zero-order valence-corrected chi connectivity index (χ0v) is 20.6. The molecule has 10 heteroatoms. The second-order valence-corrected chi connectivity index (χ2v) is 8.85. The number of carbonyl (C=O) groups is 2. The lowest BCUT2D eigenvalue weighted by Crippen LogP contribution is -2.41. The molecule has 3 N–H and O–H groups in total. The molecule has 4 aromatic rings. The highest BCUT2D eigenvalue weighted by Gasteiger charge is 2.57. The standard InChI is InChI=1S/C28H24FN3O6/c1-36-24-14-19-20(15-25(24)37-2)31-12-9-23(19)38-18-6-4-17(5-7-18)32(21-8-3-16(29)13-22(21)33)27(35)28(10-11-28)26(30)34/h3-9,12-15,33H,10-11H2,1-2H3,(H2,30,34). The number of carbonyl (C=O) groups excluding carboxylic acids is 2. The Hall–Kier alpha value is -4.86. The summed E-state index contributed by atoms with van der Waals surface area (Å²) in [6.07, 6.45) is 2.20. The molecule has 1 aromatic heterocycles. The van der Waals surface area contributed by atoms with Gasteiger partial charge in [-0.05, 0) is 61.4 Å². The summed E-state index contributed by atoms with van der Waals surface area (Å²) in [6.45, 7) is 0. The van der Waals surface area contributed by atoms with Crippen molar-refractivity contribution in [3.63, 3.8) is 0 Å². The van der Waals surface area contributed by atoms with Crippen LogP contribution in [0.25, 0.3) is 10.9 Å². The van der Waals surface area contributed by atoms with Crippen molar-refractivity contribution in [3.05, 3.63) is 72.7 Å². The minimum absolute atomic E-state index is 0.0266. The molecular formula is C28H24FN3O6. The summed E-state index contributed by atoms with van der Waals surface area (Å²) in [5, 5.41) is 11.1. The maximum atomic E-state index is 13.7. The molecule has 0 saturated heterocycles. The number of fused-ring (bicyclic) bond motifs is 1. The zero-order chi connectivity index (χ0) is 27.0. The molecule has 1 heterocycles. The number of aromatic hydroxyl groups is 1. The van der Waals surface area contributed by atoms with Gasteiger partial charge in [-0.2, -0.15) is 0 Å². The quantitative estimate of drug-likeness (QED) is 0.321. The van der Waals surface area contributed by atoms with E-state index in [-0.39, 0.29) is 5.69 Å². The number of anilines is 2. The molecular weight excluding hydrogens is 493 g/mol. The number of amides is 2. The SMILES string of the molecule is COc1cc2nccc(Oc3ccc(N(C(=O)C4(C(N)=O)CC4)c4ccc(F)cc4O)cc3)c2cc1OC. The average Bonchev–Trinajstić information content (AvgIpc) is 3.73. The molecule has 2 amide bonds. The summed E-state index contributed by atoms with van der Waals surface area (Å²) < 4.78 is 30.5. The molecule has 0 spiro atoms. The Kier molecular flexibility index (Phi) is 6.23. The van der Waals surface area contributed by atoms with Gasteiger partial charge in [-0.3, -0.25) is 19.5 Å². The third-order valence-electron chi connectivity index (χ3n) is 6.54. The highest BCUT2D eigenvalue weighted by molar-refractivity contribution is 6.17. The van der Waals surface area contributed by atoms with E-state index in [1.54, 1.807) is 55.8 Å². The molecule has 1 fully saturated rings. The number of aromatic nitrogens is 1. The number of primary amides is 1. The topological polar surface area (TPSA) is 124 Å². The van der Waals surface area contributed by atoms with Gasteiger partial charge in [0.1, 0.15) is 28.5 Å². The first kappa shape index (κ1) is 24.8. The number of halogens is 1. The van der Waals surface area contributed by atoms with Crippen LogP contribution in [0.1, 0.15) is 12.8 Å². The van der Waals surface area contributed by atoms with Crippen molar-refractivity contribution in [2.45, 2.75) is 12.8 Å². The number of hydrogen-bond acceptors (Lipinski definition) is 7. The number of phenols is 1. The van der Waals surface area contributed by atoms with Crippen molar-refractivity contribution in [2.75, 3.05) is 19.1 Å². The third kappa shape index (κ3) is 4.30. The van der Waals surface area contributed by atoms with Crippen molar-refractivity contribution < 1.29 is 33.3 Å². The van der Waals surface area contributed by atoms with Crippen LogP contribution < -0.4 is 24.8 Å². The normalized spacial score (nSPS) is 13.6. The van der Waals surface area contributed by atoms with Gasteiger partial charge in [0.25, 0.3) is 0 Å². The first-order valence-electron chi connectivity index (χ1n) is 11.7. The molecule has 0 atom stereocenters. The molecule has 1 aliphatic carbocycles. The number of nitrogens with zero attached hydrogens (tertiary/aromatic N) is 2. The lowest BCUT2D eigenvalue weighted by atomic mass is 10.0. The molecule has 5 rings (SSSR count). The zero-order valence-electron chi connectivity index (χ0n) is 20.6. The first-order chi connectivity index (χ1) is 18.3. The Balaban J connectivity index is 1.50. The van der Waals surface area contributed by atoms with E-state index in [9.17, 15) is 19.1 Å². The van der Waals surface area contributed by atoms with Gasteiger partial charge in [-0.15, -0.1) is 0 Å². The molecule has 9 nitrogen and oxygen atoms in total. The molecule has 3 aromatic carbocycles. The van der Waals surface area contributed by atoms with Crippen LogP contribution in [0.2, 0.25) is 0 Å². The summed E-state index contributed by atoms with van der Waals surface area (Å²) >= 11 is 0. The van der Waals surface area contributed by atoms with E-state index < -0.39 is 28.8 Å². The number of rotatable bonds is 8.